The zero-order valence-corrected chi connectivity index (χ0v) is 14.6. The van der Waals surface area contributed by atoms with E-state index in [1.807, 2.05) is 0 Å². The first-order valence-electron chi connectivity index (χ1n) is 7.92. The molecule has 6 nitrogen and oxygen atoms in total. The molecule has 1 amide bonds. The lowest BCUT2D eigenvalue weighted by molar-refractivity contribution is 0.0951. The van der Waals surface area contributed by atoms with Crippen LogP contribution in [0.2, 0.25) is 0 Å². The minimum atomic E-state index is -1.04. The number of aromatic nitrogens is 1. The van der Waals surface area contributed by atoms with E-state index in [9.17, 15) is 13.6 Å². The van der Waals surface area contributed by atoms with Gasteiger partial charge in [0.25, 0.3) is 5.91 Å². The average molecular weight is 374 g/mol. The number of hydrogen-bond acceptors (Lipinski definition) is 5. The van der Waals surface area contributed by atoms with E-state index < -0.39 is 17.5 Å². The van der Waals surface area contributed by atoms with Gasteiger partial charge in [-0.2, -0.15) is 0 Å². The third kappa shape index (κ3) is 3.89. The standard InChI is InChI=1S/C19H16F2N2O4/c1-25-16-6-3-11(7-17(16)26-2)9-22-19(24)13-10-23-27-18(13)12-4-5-14(20)15(21)8-12/h3-8,10H,9H2,1-2H3,(H,22,24). The maximum atomic E-state index is 13.4. The Bertz CT molecular complexity index is 972. The quantitative estimate of drug-likeness (QED) is 0.714. The summed E-state index contributed by atoms with van der Waals surface area (Å²) in [6.45, 7) is 0.210. The van der Waals surface area contributed by atoms with E-state index in [1.165, 1.54) is 26.5 Å². The first-order chi connectivity index (χ1) is 13.0. The Labute approximate surface area is 153 Å². The van der Waals surface area contributed by atoms with Crippen LogP contribution >= 0.6 is 0 Å². The number of amides is 1. The molecule has 140 valence electrons. The highest BCUT2D eigenvalue weighted by Gasteiger charge is 2.19. The Morgan fingerprint density at radius 1 is 1.07 bits per heavy atom. The second-order valence-electron chi connectivity index (χ2n) is 5.57. The maximum absolute atomic E-state index is 13.4. The van der Waals surface area contributed by atoms with Gasteiger partial charge < -0.3 is 19.3 Å². The molecule has 0 unspecified atom stereocenters. The number of rotatable bonds is 6. The Morgan fingerprint density at radius 3 is 2.56 bits per heavy atom. The monoisotopic (exact) mass is 374 g/mol. The van der Waals surface area contributed by atoms with Gasteiger partial charge in [-0.3, -0.25) is 4.79 Å². The van der Waals surface area contributed by atoms with Gasteiger partial charge in [0.15, 0.2) is 28.9 Å². The van der Waals surface area contributed by atoms with Gasteiger partial charge in [0.1, 0.15) is 5.56 Å². The van der Waals surface area contributed by atoms with Crippen LogP contribution in [0.25, 0.3) is 11.3 Å². The van der Waals surface area contributed by atoms with Crippen LogP contribution in [0.15, 0.2) is 47.1 Å². The molecule has 0 saturated carbocycles. The molecule has 0 atom stereocenters. The van der Waals surface area contributed by atoms with Gasteiger partial charge in [0.05, 0.1) is 20.4 Å². The van der Waals surface area contributed by atoms with Crippen LogP contribution in [0.5, 0.6) is 11.5 Å². The number of hydrogen-bond donors (Lipinski definition) is 1. The maximum Gasteiger partial charge on any atom is 0.257 e. The molecule has 3 aromatic rings. The summed E-state index contributed by atoms with van der Waals surface area (Å²) in [6.07, 6.45) is 1.22. The molecule has 0 radical (unpaired) electrons. The molecule has 0 aliphatic heterocycles. The minimum Gasteiger partial charge on any atom is -0.493 e. The Hall–Kier alpha value is -3.42. The third-order valence-corrected chi connectivity index (χ3v) is 3.90. The number of carbonyl (C=O) groups excluding carboxylic acids is 1. The highest BCUT2D eigenvalue weighted by atomic mass is 19.2. The molecule has 0 fully saturated rings. The van der Waals surface area contributed by atoms with E-state index in [0.717, 1.165) is 17.7 Å². The predicted molar refractivity (Wildman–Crippen MR) is 92.6 cm³/mol. The Balaban J connectivity index is 1.76. The minimum absolute atomic E-state index is 0.0544. The van der Waals surface area contributed by atoms with Gasteiger partial charge in [0, 0.05) is 12.1 Å². The normalized spacial score (nSPS) is 10.5. The molecule has 0 aliphatic rings. The summed E-state index contributed by atoms with van der Waals surface area (Å²) >= 11 is 0. The molecule has 1 N–H and O–H groups in total. The average Bonchev–Trinajstić information content (AvgIpc) is 3.17. The molecule has 0 bridgehead atoms. The lowest BCUT2D eigenvalue weighted by Crippen LogP contribution is -2.22. The molecular weight excluding hydrogens is 358 g/mol. The van der Waals surface area contributed by atoms with E-state index in [4.69, 9.17) is 14.0 Å². The Kier molecular flexibility index (Phi) is 5.35. The van der Waals surface area contributed by atoms with Gasteiger partial charge in [-0.05, 0) is 35.9 Å². The lowest BCUT2D eigenvalue weighted by atomic mass is 10.1. The molecule has 0 spiro atoms. The van der Waals surface area contributed by atoms with Gasteiger partial charge in [-0.25, -0.2) is 8.78 Å². The van der Waals surface area contributed by atoms with Crippen LogP contribution in [-0.2, 0) is 6.54 Å². The summed E-state index contributed by atoms with van der Waals surface area (Å²) in [5.41, 5.74) is 1.11. The second-order valence-corrected chi connectivity index (χ2v) is 5.57. The van der Waals surface area contributed by atoms with Crippen LogP contribution in [-0.4, -0.2) is 25.3 Å². The van der Waals surface area contributed by atoms with E-state index >= 15 is 0 Å². The molecule has 27 heavy (non-hydrogen) atoms. The molecule has 0 aliphatic carbocycles. The van der Waals surface area contributed by atoms with Gasteiger partial charge in [0.2, 0.25) is 0 Å². The number of methoxy groups -OCH3 is 2. The predicted octanol–water partition coefficient (Wildman–Crippen LogP) is 3.57. The van der Waals surface area contributed by atoms with Crippen molar-refractivity contribution in [3.63, 3.8) is 0 Å². The molecule has 8 heteroatoms. The summed E-state index contributed by atoms with van der Waals surface area (Å²) in [5, 5.41) is 6.31. The van der Waals surface area contributed by atoms with Crippen molar-refractivity contribution in [1.82, 2.24) is 10.5 Å². The summed E-state index contributed by atoms with van der Waals surface area (Å²) in [6, 6.07) is 8.46. The summed E-state index contributed by atoms with van der Waals surface area (Å²) in [4.78, 5) is 12.5. The Morgan fingerprint density at radius 2 is 1.85 bits per heavy atom. The number of carbonyl (C=O) groups is 1. The summed E-state index contributed by atoms with van der Waals surface area (Å²) < 4.78 is 42.0. The first kappa shape index (κ1) is 18.4. The van der Waals surface area contributed by atoms with Crippen molar-refractivity contribution in [3.8, 4) is 22.8 Å². The van der Waals surface area contributed by atoms with Crippen molar-refractivity contribution in [2.75, 3.05) is 14.2 Å². The van der Waals surface area contributed by atoms with Gasteiger partial charge in [-0.1, -0.05) is 11.2 Å². The summed E-state index contributed by atoms with van der Waals surface area (Å²) in [5.74, 6) is -1.33. The number of benzene rings is 2. The molecular formula is C19H16F2N2O4. The van der Waals surface area contributed by atoms with Crippen LogP contribution in [0.3, 0.4) is 0 Å². The highest BCUT2D eigenvalue weighted by Crippen LogP contribution is 2.28. The van der Waals surface area contributed by atoms with Crippen LogP contribution < -0.4 is 14.8 Å². The molecule has 2 aromatic carbocycles. The number of ether oxygens (including phenoxy) is 2. The smallest absolute Gasteiger partial charge is 0.257 e. The fourth-order valence-electron chi connectivity index (χ4n) is 2.52. The number of nitrogens with zero attached hydrogens (tertiary/aromatic N) is 1. The lowest BCUT2D eigenvalue weighted by Gasteiger charge is -2.10. The fraction of sp³-hybridized carbons (Fsp3) is 0.158. The van der Waals surface area contributed by atoms with Gasteiger partial charge in [-0.15, -0.1) is 0 Å². The van der Waals surface area contributed by atoms with Crippen LogP contribution in [0.4, 0.5) is 8.78 Å². The molecule has 1 heterocycles. The van der Waals surface area contributed by atoms with Crippen molar-refractivity contribution in [2.45, 2.75) is 6.54 Å². The van der Waals surface area contributed by atoms with Gasteiger partial charge >= 0.3 is 0 Å². The number of nitrogens with one attached hydrogen (secondary N) is 1. The van der Waals surface area contributed by atoms with Crippen LogP contribution in [0, 0.1) is 11.6 Å². The highest BCUT2D eigenvalue weighted by molar-refractivity contribution is 5.99. The van der Waals surface area contributed by atoms with Crippen molar-refractivity contribution >= 4 is 5.91 Å². The van der Waals surface area contributed by atoms with E-state index in [-0.39, 0.29) is 23.4 Å². The second kappa shape index (κ2) is 7.86. The SMILES string of the molecule is COc1ccc(CNC(=O)c2cnoc2-c2ccc(F)c(F)c2)cc1OC. The van der Waals surface area contributed by atoms with E-state index in [0.29, 0.717) is 11.5 Å². The largest absolute Gasteiger partial charge is 0.493 e. The first-order valence-corrected chi connectivity index (χ1v) is 7.92. The van der Waals surface area contributed by atoms with E-state index in [2.05, 4.69) is 10.5 Å². The zero-order chi connectivity index (χ0) is 19.4. The zero-order valence-electron chi connectivity index (χ0n) is 14.6. The topological polar surface area (TPSA) is 73.6 Å². The molecule has 1 aromatic heterocycles. The summed E-state index contributed by atoms with van der Waals surface area (Å²) in [7, 11) is 3.05. The fourth-order valence-corrected chi connectivity index (χ4v) is 2.52. The van der Waals surface area contributed by atoms with Crippen molar-refractivity contribution in [1.29, 1.82) is 0 Å². The van der Waals surface area contributed by atoms with E-state index in [1.54, 1.807) is 18.2 Å². The molecule has 0 saturated heterocycles. The number of halogens is 2. The van der Waals surface area contributed by atoms with Crippen molar-refractivity contribution < 1.29 is 27.6 Å². The third-order valence-electron chi connectivity index (χ3n) is 3.90. The van der Waals surface area contributed by atoms with Crippen molar-refractivity contribution in [2.24, 2.45) is 0 Å². The molecule has 3 rings (SSSR count). The van der Waals surface area contributed by atoms with Crippen LogP contribution in [0.1, 0.15) is 15.9 Å². The van der Waals surface area contributed by atoms with Crippen molar-refractivity contribution in [3.05, 3.63) is 65.4 Å².